The number of rotatable bonds is 6. The third kappa shape index (κ3) is 4.74. The quantitative estimate of drug-likeness (QED) is 0.488. The van der Waals surface area contributed by atoms with Crippen molar-refractivity contribution in [2.45, 2.75) is 0 Å². The lowest BCUT2D eigenvalue weighted by Gasteiger charge is -2.10. The van der Waals surface area contributed by atoms with Crippen LogP contribution in [0.2, 0.25) is 0 Å². The maximum absolute atomic E-state index is 12.2. The van der Waals surface area contributed by atoms with Crippen molar-refractivity contribution in [2.75, 3.05) is 17.7 Å². The summed E-state index contributed by atoms with van der Waals surface area (Å²) in [5.41, 5.74) is 1.29. The molecule has 8 nitrogen and oxygen atoms in total. The van der Waals surface area contributed by atoms with Crippen LogP contribution in [0.15, 0.2) is 85.5 Å². The Morgan fingerprint density at radius 3 is 2.07 bits per heavy atom. The van der Waals surface area contributed by atoms with E-state index in [2.05, 4.69) is 20.6 Å². The molecule has 0 aliphatic heterocycles. The minimum atomic E-state index is -0.346. The van der Waals surface area contributed by atoms with Crippen LogP contribution < -0.4 is 20.1 Å². The molecule has 0 bridgehead atoms. The monoisotopic (exact) mass is 401 g/mol. The maximum Gasteiger partial charge on any atom is 0.323 e. The topological polar surface area (TPSA) is 90.3 Å². The van der Waals surface area contributed by atoms with Crippen molar-refractivity contribution in [3.05, 3.63) is 85.5 Å². The molecule has 2 aromatic carbocycles. The molecule has 0 aliphatic rings. The number of nitrogens with zero attached hydrogens (tertiary/aromatic N) is 3. The van der Waals surface area contributed by atoms with E-state index in [-0.39, 0.29) is 6.03 Å². The van der Waals surface area contributed by atoms with E-state index in [4.69, 9.17) is 9.47 Å². The van der Waals surface area contributed by atoms with Crippen LogP contribution in [0, 0.1) is 0 Å². The first-order chi connectivity index (χ1) is 14.7. The van der Waals surface area contributed by atoms with Gasteiger partial charge in [-0.15, -0.1) is 0 Å². The van der Waals surface area contributed by atoms with Gasteiger partial charge in [-0.1, -0.05) is 0 Å². The van der Waals surface area contributed by atoms with Crippen molar-refractivity contribution in [3.63, 3.8) is 0 Å². The molecular weight excluding hydrogens is 382 g/mol. The Labute approximate surface area is 173 Å². The second-order valence-electron chi connectivity index (χ2n) is 6.24. The number of carbonyl (C=O) groups excluding carboxylic acids is 1. The number of anilines is 2. The van der Waals surface area contributed by atoms with E-state index in [9.17, 15) is 4.79 Å². The van der Waals surface area contributed by atoms with Crippen molar-refractivity contribution in [1.82, 2.24) is 14.5 Å². The largest absolute Gasteiger partial charge is 0.497 e. The smallest absolute Gasteiger partial charge is 0.323 e. The van der Waals surface area contributed by atoms with E-state index in [1.807, 2.05) is 29.1 Å². The molecule has 0 atom stereocenters. The van der Waals surface area contributed by atoms with Gasteiger partial charge in [0.1, 0.15) is 23.6 Å². The lowest BCUT2D eigenvalue weighted by molar-refractivity contribution is 0.262. The van der Waals surface area contributed by atoms with Gasteiger partial charge in [-0.3, -0.25) is 0 Å². The molecule has 150 valence electrons. The highest BCUT2D eigenvalue weighted by molar-refractivity contribution is 5.99. The van der Waals surface area contributed by atoms with Crippen LogP contribution in [0.1, 0.15) is 0 Å². The fraction of sp³-hybridized carbons (Fsp3) is 0.0455. The van der Waals surface area contributed by atoms with Crippen LogP contribution in [-0.4, -0.2) is 27.7 Å². The number of amides is 2. The van der Waals surface area contributed by atoms with Gasteiger partial charge in [-0.05, 0) is 60.7 Å². The lowest BCUT2D eigenvalue weighted by Crippen LogP contribution is -2.19. The zero-order valence-electron chi connectivity index (χ0n) is 16.1. The Hall–Kier alpha value is -4.33. The van der Waals surface area contributed by atoms with E-state index in [1.54, 1.807) is 61.7 Å². The molecule has 0 radical (unpaired) electrons. The summed E-state index contributed by atoms with van der Waals surface area (Å²) >= 11 is 0. The normalized spacial score (nSPS) is 10.3. The molecule has 4 aromatic rings. The minimum Gasteiger partial charge on any atom is -0.497 e. The molecule has 2 aromatic heterocycles. The number of methoxy groups -OCH3 is 1. The van der Waals surface area contributed by atoms with E-state index >= 15 is 0 Å². The van der Waals surface area contributed by atoms with Crippen molar-refractivity contribution in [3.8, 4) is 23.2 Å². The third-order valence-corrected chi connectivity index (χ3v) is 4.18. The van der Waals surface area contributed by atoms with Crippen molar-refractivity contribution >= 4 is 17.4 Å². The molecule has 0 saturated heterocycles. The standard InChI is InChI=1S/C22H19N5O3/c1-29-18-8-4-16(5-9-18)25-22(28)26-17-6-10-19(11-7-17)30-21-14-20(23-15-24-21)27-12-2-3-13-27/h2-15H,1H3,(H2,25,26,28). The molecule has 0 aliphatic carbocycles. The summed E-state index contributed by atoms with van der Waals surface area (Å²) in [6.45, 7) is 0. The second-order valence-corrected chi connectivity index (χ2v) is 6.24. The van der Waals surface area contributed by atoms with Gasteiger partial charge in [0, 0.05) is 29.8 Å². The third-order valence-electron chi connectivity index (χ3n) is 4.18. The van der Waals surface area contributed by atoms with Gasteiger partial charge in [-0.25, -0.2) is 14.8 Å². The zero-order chi connectivity index (χ0) is 20.8. The van der Waals surface area contributed by atoms with E-state index < -0.39 is 0 Å². The summed E-state index contributed by atoms with van der Waals surface area (Å²) in [7, 11) is 1.59. The second kappa shape index (κ2) is 8.78. The highest BCUT2D eigenvalue weighted by atomic mass is 16.5. The minimum absolute atomic E-state index is 0.346. The molecule has 8 heteroatoms. The molecular formula is C22H19N5O3. The van der Waals surface area contributed by atoms with Crippen molar-refractivity contribution < 1.29 is 14.3 Å². The van der Waals surface area contributed by atoms with Gasteiger partial charge in [0.25, 0.3) is 0 Å². The number of nitrogens with one attached hydrogen (secondary N) is 2. The van der Waals surface area contributed by atoms with E-state index in [0.29, 0.717) is 28.8 Å². The molecule has 0 saturated carbocycles. The van der Waals surface area contributed by atoms with Crippen LogP contribution in [0.4, 0.5) is 16.2 Å². The first-order valence-electron chi connectivity index (χ1n) is 9.15. The first kappa shape index (κ1) is 19.0. The molecule has 0 spiro atoms. The van der Waals surface area contributed by atoms with E-state index in [1.165, 1.54) is 6.33 Å². The van der Waals surface area contributed by atoms with Gasteiger partial charge < -0.3 is 24.7 Å². The number of urea groups is 1. The Bertz CT molecular complexity index is 1110. The van der Waals surface area contributed by atoms with E-state index in [0.717, 1.165) is 5.75 Å². The Morgan fingerprint density at radius 1 is 0.867 bits per heavy atom. The predicted octanol–water partition coefficient (Wildman–Crippen LogP) is 4.71. The Kier molecular flexibility index (Phi) is 5.56. The van der Waals surface area contributed by atoms with Crippen LogP contribution in [0.5, 0.6) is 17.4 Å². The van der Waals surface area contributed by atoms with Crippen LogP contribution in [0.25, 0.3) is 5.82 Å². The highest BCUT2D eigenvalue weighted by Crippen LogP contribution is 2.23. The zero-order valence-corrected chi connectivity index (χ0v) is 16.1. The van der Waals surface area contributed by atoms with Gasteiger partial charge in [0.15, 0.2) is 0 Å². The molecule has 0 unspecified atom stereocenters. The fourth-order valence-electron chi connectivity index (χ4n) is 2.71. The summed E-state index contributed by atoms with van der Waals surface area (Å²) in [4.78, 5) is 20.5. The molecule has 2 amide bonds. The first-order valence-corrected chi connectivity index (χ1v) is 9.15. The number of carbonyl (C=O) groups is 1. The molecule has 4 rings (SSSR count). The summed E-state index contributed by atoms with van der Waals surface area (Å²) in [6.07, 6.45) is 5.23. The highest BCUT2D eigenvalue weighted by Gasteiger charge is 2.06. The van der Waals surface area contributed by atoms with Gasteiger partial charge >= 0.3 is 6.03 Å². The van der Waals surface area contributed by atoms with Gasteiger partial charge in [0.2, 0.25) is 5.88 Å². The average molecular weight is 401 g/mol. The van der Waals surface area contributed by atoms with Crippen molar-refractivity contribution in [1.29, 1.82) is 0 Å². The average Bonchev–Trinajstić information content (AvgIpc) is 3.31. The molecule has 2 N–H and O–H groups in total. The summed E-state index contributed by atoms with van der Waals surface area (Å²) < 4.78 is 12.8. The Morgan fingerprint density at radius 2 is 1.47 bits per heavy atom. The number of hydrogen-bond acceptors (Lipinski definition) is 5. The number of hydrogen-bond donors (Lipinski definition) is 2. The van der Waals surface area contributed by atoms with Crippen LogP contribution in [-0.2, 0) is 0 Å². The molecule has 0 fully saturated rings. The van der Waals surface area contributed by atoms with Gasteiger partial charge in [-0.2, -0.15) is 0 Å². The molecule has 30 heavy (non-hydrogen) atoms. The fourth-order valence-corrected chi connectivity index (χ4v) is 2.71. The number of ether oxygens (including phenoxy) is 2. The summed E-state index contributed by atoms with van der Waals surface area (Å²) in [5, 5.41) is 5.53. The summed E-state index contributed by atoms with van der Waals surface area (Å²) in [5.74, 6) is 2.44. The SMILES string of the molecule is COc1ccc(NC(=O)Nc2ccc(Oc3cc(-n4cccc4)ncn3)cc2)cc1. The van der Waals surface area contributed by atoms with Crippen molar-refractivity contribution in [2.24, 2.45) is 0 Å². The van der Waals surface area contributed by atoms with Crippen LogP contribution >= 0.6 is 0 Å². The number of aromatic nitrogens is 3. The van der Waals surface area contributed by atoms with Gasteiger partial charge in [0.05, 0.1) is 7.11 Å². The summed E-state index contributed by atoms with van der Waals surface area (Å²) in [6, 6.07) is 19.3. The van der Waals surface area contributed by atoms with Crippen LogP contribution in [0.3, 0.4) is 0 Å². The Balaban J connectivity index is 1.36. The molecule has 2 heterocycles. The lowest BCUT2D eigenvalue weighted by atomic mass is 10.3. The number of benzene rings is 2. The maximum atomic E-state index is 12.2. The predicted molar refractivity (Wildman–Crippen MR) is 114 cm³/mol.